The number of sulfonamides is 1. The van der Waals surface area contributed by atoms with E-state index in [1.165, 1.54) is 37.4 Å². The van der Waals surface area contributed by atoms with Crippen molar-refractivity contribution in [3.05, 3.63) is 53.6 Å². The van der Waals surface area contributed by atoms with Gasteiger partial charge in [0.2, 0.25) is 15.8 Å². The maximum atomic E-state index is 12.5. The van der Waals surface area contributed by atoms with Crippen molar-refractivity contribution in [2.45, 2.75) is 13.0 Å². The van der Waals surface area contributed by atoms with Crippen LogP contribution in [0.2, 0.25) is 0 Å². The van der Waals surface area contributed by atoms with E-state index in [-0.39, 0.29) is 5.78 Å². The Morgan fingerprint density at radius 2 is 1.81 bits per heavy atom. The van der Waals surface area contributed by atoms with E-state index in [1.807, 2.05) is 6.07 Å². The first-order valence-electron chi connectivity index (χ1n) is 7.60. The lowest BCUT2D eigenvalue weighted by molar-refractivity contribution is 0.0814. The molecule has 2 aromatic carbocycles. The summed E-state index contributed by atoms with van der Waals surface area (Å²) in [5.41, 5.74) is 1.16. The van der Waals surface area contributed by atoms with Gasteiger partial charge in [-0.05, 0) is 43.3 Å². The average molecular weight is 374 g/mol. The Balaban J connectivity index is 2.14. The number of rotatable bonds is 7. The molecule has 8 heteroatoms. The van der Waals surface area contributed by atoms with Crippen LogP contribution in [-0.4, -0.2) is 33.7 Å². The molecular formula is C18H18N2O5S. The van der Waals surface area contributed by atoms with Gasteiger partial charge in [0.1, 0.15) is 0 Å². The second-order valence-corrected chi connectivity index (χ2v) is 7.30. The van der Waals surface area contributed by atoms with Crippen LogP contribution in [0.15, 0.2) is 42.5 Å². The van der Waals surface area contributed by atoms with Gasteiger partial charge in [-0.25, -0.2) is 8.42 Å². The molecule has 1 N–H and O–H groups in total. The summed E-state index contributed by atoms with van der Waals surface area (Å²) in [6.07, 6.45) is 0.248. The van der Waals surface area contributed by atoms with E-state index in [0.29, 0.717) is 28.3 Å². The van der Waals surface area contributed by atoms with Crippen LogP contribution in [0.5, 0.6) is 11.5 Å². The number of hydrogen-bond donors (Lipinski definition) is 1. The van der Waals surface area contributed by atoms with Crippen LogP contribution in [0, 0.1) is 11.3 Å². The number of benzene rings is 2. The van der Waals surface area contributed by atoms with Crippen LogP contribution >= 0.6 is 0 Å². The quantitative estimate of drug-likeness (QED) is 0.747. The highest BCUT2D eigenvalue weighted by molar-refractivity contribution is 7.92. The molecule has 0 saturated carbocycles. The minimum absolute atomic E-state index is 0.276. The molecule has 0 aromatic heterocycles. The molecule has 0 bridgehead atoms. The van der Waals surface area contributed by atoms with Crippen molar-refractivity contribution >= 4 is 21.5 Å². The molecule has 0 spiro atoms. The van der Waals surface area contributed by atoms with E-state index in [0.717, 1.165) is 6.26 Å². The van der Waals surface area contributed by atoms with Gasteiger partial charge in [0.25, 0.3) is 0 Å². The molecule has 0 aliphatic rings. The number of carbonyl (C=O) groups is 1. The van der Waals surface area contributed by atoms with E-state index >= 15 is 0 Å². The molecule has 1 atom stereocenters. The van der Waals surface area contributed by atoms with Crippen molar-refractivity contribution in [3.63, 3.8) is 0 Å². The predicted octanol–water partition coefficient (Wildman–Crippen LogP) is 2.59. The topological polar surface area (TPSA) is 105 Å². The Hall–Kier alpha value is -3.05. The Morgan fingerprint density at radius 1 is 1.15 bits per heavy atom. The summed E-state index contributed by atoms with van der Waals surface area (Å²) in [5.74, 6) is 0.432. The van der Waals surface area contributed by atoms with Crippen molar-refractivity contribution in [2.75, 3.05) is 18.1 Å². The molecule has 0 fully saturated rings. The summed E-state index contributed by atoms with van der Waals surface area (Å²) < 4.78 is 35.6. The van der Waals surface area contributed by atoms with E-state index in [1.54, 1.807) is 19.1 Å². The van der Waals surface area contributed by atoms with Crippen molar-refractivity contribution < 1.29 is 22.7 Å². The first-order valence-corrected chi connectivity index (χ1v) is 9.49. The molecule has 1 unspecified atom stereocenters. The number of ketones is 1. The Bertz CT molecular complexity index is 947. The molecule has 0 aliphatic heterocycles. The van der Waals surface area contributed by atoms with Crippen LogP contribution in [0.3, 0.4) is 0 Å². The number of hydrogen-bond acceptors (Lipinski definition) is 6. The van der Waals surface area contributed by atoms with Gasteiger partial charge in [0, 0.05) is 17.3 Å². The standard InChI is InChI=1S/C18H18N2O5S/c1-12(25-16-9-4-13(11-19)10-17(16)24-2)18(21)14-5-7-15(8-6-14)20-26(3,22)23/h4-10,12,20H,1-3H3. The van der Waals surface area contributed by atoms with Crippen molar-refractivity contribution in [3.8, 4) is 17.6 Å². The Morgan fingerprint density at radius 3 is 2.35 bits per heavy atom. The number of nitrogens with one attached hydrogen (secondary N) is 1. The molecule has 0 aliphatic carbocycles. The minimum atomic E-state index is -3.38. The summed E-state index contributed by atoms with van der Waals surface area (Å²) in [5, 5.41) is 8.92. The molecule has 2 rings (SSSR count). The zero-order chi connectivity index (χ0) is 19.3. The Kier molecular flexibility index (Phi) is 5.85. The number of carbonyl (C=O) groups excluding carboxylic acids is 1. The normalized spacial score (nSPS) is 11.9. The van der Waals surface area contributed by atoms with Crippen LogP contribution in [0.1, 0.15) is 22.8 Å². The number of anilines is 1. The van der Waals surface area contributed by atoms with Gasteiger partial charge in [-0.2, -0.15) is 5.26 Å². The molecule has 2 aromatic rings. The third-order valence-electron chi connectivity index (χ3n) is 3.44. The van der Waals surface area contributed by atoms with E-state index < -0.39 is 16.1 Å². The number of nitrogens with zero attached hydrogens (tertiary/aromatic N) is 1. The fraction of sp³-hybridized carbons (Fsp3) is 0.222. The number of ether oxygens (including phenoxy) is 2. The third kappa shape index (κ3) is 4.97. The SMILES string of the molecule is COc1cc(C#N)ccc1OC(C)C(=O)c1ccc(NS(C)(=O)=O)cc1. The second-order valence-electron chi connectivity index (χ2n) is 5.55. The zero-order valence-corrected chi connectivity index (χ0v) is 15.3. The third-order valence-corrected chi connectivity index (χ3v) is 4.04. The summed E-state index contributed by atoms with van der Waals surface area (Å²) >= 11 is 0. The first-order chi connectivity index (χ1) is 12.2. The molecule has 0 saturated heterocycles. The summed E-state index contributed by atoms with van der Waals surface area (Å²) in [6.45, 7) is 1.60. The fourth-order valence-corrected chi connectivity index (χ4v) is 2.79. The molecule has 26 heavy (non-hydrogen) atoms. The molecule has 0 heterocycles. The highest BCUT2D eigenvalue weighted by atomic mass is 32.2. The molecule has 136 valence electrons. The number of methoxy groups -OCH3 is 1. The lowest BCUT2D eigenvalue weighted by Gasteiger charge is -2.16. The fourth-order valence-electron chi connectivity index (χ4n) is 2.23. The maximum absolute atomic E-state index is 12.5. The van der Waals surface area contributed by atoms with Crippen LogP contribution in [0.25, 0.3) is 0 Å². The molecule has 0 amide bonds. The maximum Gasteiger partial charge on any atom is 0.229 e. The van der Waals surface area contributed by atoms with Crippen molar-refractivity contribution in [1.82, 2.24) is 0 Å². The lowest BCUT2D eigenvalue weighted by atomic mass is 10.1. The van der Waals surface area contributed by atoms with E-state index in [9.17, 15) is 13.2 Å². The molecule has 0 radical (unpaired) electrons. The highest BCUT2D eigenvalue weighted by Gasteiger charge is 2.19. The summed E-state index contributed by atoms with van der Waals surface area (Å²) in [7, 11) is -1.93. The number of nitriles is 1. The average Bonchev–Trinajstić information content (AvgIpc) is 2.60. The molecule has 7 nitrogen and oxygen atoms in total. The summed E-state index contributed by atoms with van der Waals surface area (Å²) in [4.78, 5) is 12.5. The van der Waals surface area contributed by atoms with Gasteiger partial charge in [0.05, 0.1) is 25.0 Å². The smallest absolute Gasteiger partial charge is 0.229 e. The van der Waals surface area contributed by atoms with Gasteiger partial charge >= 0.3 is 0 Å². The predicted molar refractivity (Wildman–Crippen MR) is 97.0 cm³/mol. The van der Waals surface area contributed by atoms with Crippen LogP contribution in [-0.2, 0) is 10.0 Å². The largest absolute Gasteiger partial charge is 0.493 e. The minimum Gasteiger partial charge on any atom is -0.493 e. The van der Waals surface area contributed by atoms with E-state index in [4.69, 9.17) is 14.7 Å². The van der Waals surface area contributed by atoms with Gasteiger partial charge in [-0.15, -0.1) is 0 Å². The van der Waals surface area contributed by atoms with Crippen molar-refractivity contribution in [1.29, 1.82) is 5.26 Å². The monoisotopic (exact) mass is 374 g/mol. The highest BCUT2D eigenvalue weighted by Crippen LogP contribution is 2.29. The zero-order valence-electron chi connectivity index (χ0n) is 14.5. The van der Waals surface area contributed by atoms with Crippen LogP contribution < -0.4 is 14.2 Å². The van der Waals surface area contributed by atoms with Gasteiger partial charge in [0.15, 0.2) is 17.6 Å². The summed E-state index contributed by atoms with van der Waals surface area (Å²) in [6, 6.07) is 12.7. The Labute approximate surface area is 152 Å². The van der Waals surface area contributed by atoms with Gasteiger partial charge < -0.3 is 9.47 Å². The van der Waals surface area contributed by atoms with Crippen molar-refractivity contribution in [2.24, 2.45) is 0 Å². The second kappa shape index (κ2) is 7.89. The van der Waals surface area contributed by atoms with Crippen LogP contribution in [0.4, 0.5) is 5.69 Å². The van der Waals surface area contributed by atoms with Gasteiger partial charge in [-0.3, -0.25) is 9.52 Å². The van der Waals surface area contributed by atoms with E-state index in [2.05, 4.69) is 4.72 Å². The number of Topliss-reactive ketones (excluding diaryl/α,β-unsaturated/α-hetero) is 1. The lowest BCUT2D eigenvalue weighted by Crippen LogP contribution is -2.24. The molecular weight excluding hydrogens is 356 g/mol. The van der Waals surface area contributed by atoms with Gasteiger partial charge in [-0.1, -0.05) is 0 Å². The first kappa shape index (κ1) is 19.3.